The van der Waals surface area contributed by atoms with Crippen molar-refractivity contribution < 1.29 is 8.42 Å². The first-order valence-electron chi connectivity index (χ1n) is 7.15. The average Bonchev–Trinajstić information content (AvgIpc) is 2.71. The van der Waals surface area contributed by atoms with Gasteiger partial charge in [0.1, 0.15) is 5.69 Å². The number of nitrogens with one attached hydrogen (secondary N) is 1. The third-order valence-corrected chi connectivity index (χ3v) is 5.78. The summed E-state index contributed by atoms with van der Waals surface area (Å²) in [7, 11) is -1.84. The van der Waals surface area contributed by atoms with Crippen molar-refractivity contribution in [2.75, 3.05) is 4.72 Å². The number of sulfonamides is 1. The molecule has 120 valence electrons. The highest BCUT2D eigenvalue weighted by Gasteiger charge is 2.24. The van der Waals surface area contributed by atoms with E-state index in [1.165, 1.54) is 4.68 Å². The van der Waals surface area contributed by atoms with Gasteiger partial charge in [0.25, 0.3) is 5.56 Å². The fraction of sp³-hybridized carbons (Fsp3) is 0.400. The lowest BCUT2D eigenvalue weighted by molar-refractivity contribution is 0.586. The minimum Gasteiger partial charge on any atom is -0.283 e. The Morgan fingerprint density at radius 3 is 2.36 bits per heavy atom. The van der Waals surface area contributed by atoms with E-state index in [4.69, 9.17) is 0 Å². The summed E-state index contributed by atoms with van der Waals surface area (Å²) >= 11 is 0. The second kappa shape index (κ2) is 6.00. The molecule has 7 heteroatoms. The Hall–Kier alpha value is -2.02. The van der Waals surface area contributed by atoms with Crippen LogP contribution in [0.3, 0.4) is 0 Å². The zero-order valence-corrected chi connectivity index (χ0v) is 14.0. The molecule has 1 aromatic carbocycles. The fourth-order valence-corrected chi connectivity index (χ4v) is 3.31. The third-order valence-electron chi connectivity index (χ3n) is 3.90. The Balaban J connectivity index is 2.55. The molecule has 0 saturated heterocycles. The van der Waals surface area contributed by atoms with E-state index in [1.54, 1.807) is 44.6 Å². The molecule has 0 fully saturated rings. The van der Waals surface area contributed by atoms with Crippen LogP contribution in [0, 0.1) is 6.92 Å². The van der Waals surface area contributed by atoms with Gasteiger partial charge in [-0.05, 0) is 32.4 Å². The van der Waals surface area contributed by atoms with Crippen LogP contribution in [-0.4, -0.2) is 23.0 Å². The summed E-state index contributed by atoms with van der Waals surface area (Å²) in [5.41, 5.74) is 0.984. The summed E-state index contributed by atoms with van der Waals surface area (Å²) in [4.78, 5) is 12.6. The first-order valence-corrected chi connectivity index (χ1v) is 8.70. The van der Waals surface area contributed by atoms with Gasteiger partial charge in [-0.2, -0.15) is 0 Å². The number of anilines is 1. The van der Waals surface area contributed by atoms with Crippen molar-refractivity contribution in [1.82, 2.24) is 9.36 Å². The van der Waals surface area contributed by atoms with E-state index >= 15 is 0 Å². The van der Waals surface area contributed by atoms with E-state index in [0.717, 1.165) is 0 Å². The first-order chi connectivity index (χ1) is 10.3. The highest BCUT2D eigenvalue weighted by molar-refractivity contribution is 7.93. The van der Waals surface area contributed by atoms with Crippen molar-refractivity contribution in [1.29, 1.82) is 0 Å². The molecule has 1 atom stereocenters. The van der Waals surface area contributed by atoms with Crippen LogP contribution in [-0.2, 0) is 17.1 Å². The molecule has 1 aromatic heterocycles. The molecular formula is C15H21N3O3S. The van der Waals surface area contributed by atoms with Crippen LogP contribution >= 0.6 is 0 Å². The fourth-order valence-electron chi connectivity index (χ4n) is 2.15. The van der Waals surface area contributed by atoms with Gasteiger partial charge in [-0.1, -0.05) is 25.1 Å². The van der Waals surface area contributed by atoms with Crippen molar-refractivity contribution in [3.05, 3.63) is 46.4 Å². The maximum atomic E-state index is 12.6. The maximum Gasteiger partial charge on any atom is 0.296 e. The lowest BCUT2D eigenvalue weighted by Crippen LogP contribution is -2.28. The van der Waals surface area contributed by atoms with Crippen LogP contribution in [0.1, 0.15) is 26.0 Å². The van der Waals surface area contributed by atoms with E-state index in [1.807, 2.05) is 18.2 Å². The number of aromatic nitrogens is 2. The van der Waals surface area contributed by atoms with Crippen LogP contribution in [0.25, 0.3) is 5.69 Å². The van der Waals surface area contributed by atoms with E-state index in [2.05, 4.69) is 4.72 Å². The normalized spacial score (nSPS) is 13.1. The van der Waals surface area contributed by atoms with Gasteiger partial charge in [0.05, 0.1) is 16.6 Å². The Morgan fingerprint density at radius 1 is 1.23 bits per heavy atom. The van der Waals surface area contributed by atoms with Crippen LogP contribution in [0.4, 0.5) is 5.69 Å². The molecule has 0 unspecified atom stereocenters. The van der Waals surface area contributed by atoms with Gasteiger partial charge in [-0.15, -0.1) is 0 Å². The molecule has 22 heavy (non-hydrogen) atoms. The number of hydrogen-bond donors (Lipinski definition) is 1. The molecular weight excluding hydrogens is 302 g/mol. The van der Waals surface area contributed by atoms with Gasteiger partial charge in [0.15, 0.2) is 0 Å². The second-order valence-corrected chi connectivity index (χ2v) is 7.40. The van der Waals surface area contributed by atoms with Gasteiger partial charge in [0.2, 0.25) is 10.0 Å². The maximum absolute atomic E-state index is 12.6. The zero-order valence-electron chi connectivity index (χ0n) is 13.2. The van der Waals surface area contributed by atoms with E-state index < -0.39 is 15.3 Å². The number of rotatable bonds is 5. The van der Waals surface area contributed by atoms with Crippen LogP contribution < -0.4 is 10.3 Å². The molecule has 0 spiro atoms. The summed E-state index contributed by atoms with van der Waals surface area (Å²) < 4.78 is 30.0. The average molecular weight is 323 g/mol. The van der Waals surface area contributed by atoms with E-state index in [9.17, 15) is 13.2 Å². The lowest BCUT2D eigenvalue weighted by atomic mass is 10.3. The predicted octanol–water partition coefficient (Wildman–Crippen LogP) is 2.02. The Bertz CT molecular complexity index is 820. The summed E-state index contributed by atoms with van der Waals surface area (Å²) in [6.07, 6.45) is 0.480. The van der Waals surface area contributed by atoms with Crippen LogP contribution in [0.15, 0.2) is 35.1 Å². The topological polar surface area (TPSA) is 73.1 Å². The minimum atomic E-state index is -3.57. The Labute approximate surface area is 130 Å². The van der Waals surface area contributed by atoms with Crippen molar-refractivity contribution in [2.24, 2.45) is 7.05 Å². The van der Waals surface area contributed by atoms with Crippen LogP contribution in [0.5, 0.6) is 0 Å². The lowest BCUT2D eigenvalue weighted by Gasteiger charge is -2.11. The molecule has 0 bridgehead atoms. The standard InChI is InChI=1S/C15H21N3O3S/c1-5-11(2)22(20,21)16-14-12(3)17(4)18(15(14)19)13-9-7-6-8-10-13/h6-11,16H,5H2,1-4H3/t11-/m0/s1. The van der Waals surface area contributed by atoms with E-state index in [0.29, 0.717) is 17.8 Å². The van der Waals surface area contributed by atoms with Crippen molar-refractivity contribution >= 4 is 15.7 Å². The van der Waals surface area contributed by atoms with E-state index in [-0.39, 0.29) is 11.2 Å². The molecule has 2 rings (SSSR count). The Morgan fingerprint density at radius 2 is 1.82 bits per heavy atom. The number of benzene rings is 1. The number of nitrogens with zero attached hydrogens (tertiary/aromatic N) is 2. The summed E-state index contributed by atoms with van der Waals surface area (Å²) in [6.45, 7) is 5.13. The largest absolute Gasteiger partial charge is 0.296 e. The SMILES string of the molecule is CC[C@H](C)S(=O)(=O)Nc1c(C)n(C)n(-c2ccccc2)c1=O. The highest BCUT2D eigenvalue weighted by atomic mass is 32.2. The molecule has 0 saturated carbocycles. The van der Waals surface area contributed by atoms with Crippen molar-refractivity contribution in [3.8, 4) is 5.69 Å². The first kappa shape index (κ1) is 16.4. The number of hydrogen-bond acceptors (Lipinski definition) is 3. The molecule has 1 N–H and O–H groups in total. The van der Waals surface area contributed by atoms with Crippen LogP contribution in [0.2, 0.25) is 0 Å². The van der Waals surface area contributed by atoms with Gasteiger partial charge >= 0.3 is 0 Å². The zero-order chi connectivity index (χ0) is 16.5. The molecule has 1 heterocycles. The van der Waals surface area contributed by atoms with Gasteiger partial charge in [-0.25, -0.2) is 13.1 Å². The summed E-state index contributed by atoms with van der Waals surface area (Å²) in [6, 6.07) is 9.11. The van der Waals surface area contributed by atoms with Gasteiger partial charge in [0, 0.05) is 7.05 Å². The highest BCUT2D eigenvalue weighted by Crippen LogP contribution is 2.17. The smallest absolute Gasteiger partial charge is 0.283 e. The predicted molar refractivity (Wildman–Crippen MR) is 88.0 cm³/mol. The molecule has 0 amide bonds. The van der Waals surface area contributed by atoms with Crippen molar-refractivity contribution in [3.63, 3.8) is 0 Å². The molecule has 2 aromatic rings. The molecule has 0 aliphatic carbocycles. The number of para-hydroxylation sites is 1. The minimum absolute atomic E-state index is 0.103. The van der Waals surface area contributed by atoms with Crippen molar-refractivity contribution in [2.45, 2.75) is 32.4 Å². The summed E-state index contributed by atoms with van der Waals surface area (Å²) in [5, 5.41) is -0.559. The Kier molecular flexibility index (Phi) is 4.46. The molecule has 0 radical (unpaired) electrons. The monoisotopic (exact) mass is 323 g/mol. The molecule has 6 nitrogen and oxygen atoms in total. The molecule has 0 aliphatic heterocycles. The quantitative estimate of drug-likeness (QED) is 0.915. The van der Waals surface area contributed by atoms with Gasteiger partial charge in [-0.3, -0.25) is 14.2 Å². The summed E-state index contributed by atoms with van der Waals surface area (Å²) in [5.74, 6) is 0. The van der Waals surface area contributed by atoms with Gasteiger partial charge < -0.3 is 0 Å². The third kappa shape index (κ3) is 2.81. The second-order valence-electron chi connectivity index (χ2n) is 5.30. The molecule has 0 aliphatic rings.